The van der Waals surface area contributed by atoms with Gasteiger partial charge in [0, 0.05) is 35.0 Å². The molecule has 0 aliphatic heterocycles. The molecule has 0 radical (unpaired) electrons. The smallest absolute Gasteiger partial charge is 0.221 e. The molecule has 0 spiro atoms. The molecule has 0 bridgehead atoms. The Morgan fingerprint density at radius 2 is 2.10 bits per heavy atom. The molecule has 0 unspecified atom stereocenters. The Hall–Kier alpha value is -1.65. The average Bonchev–Trinajstić information content (AvgIpc) is 2.81. The maximum atomic E-state index is 11.1. The van der Waals surface area contributed by atoms with E-state index in [0.717, 1.165) is 12.2 Å². The number of thiophene rings is 1. The zero-order valence-corrected chi connectivity index (χ0v) is 12.9. The van der Waals surface area contributed by atoms with Crippen molar-refractivity contribution in [2.24, 2.45) is 0 Å². The van der Waals surface area contributed by atoms with E-state index in [0.29, 0.717) is 0 Å². The number of rotatable bonds is 5. The first kappa shape index (κ1) is 14.8. The van der Waals surface area contributed by atoms with E-state index in [9.17, 15) is 4.79 Å². The van der Waals surface area contributed by atoms with Gasteiger partial charge in [-0.3, -0.25) is 4.79 Å². The molecule has 3 nitrogen and oxygen atoms in total. The fraction of sp³-hybridized carbons (Fsp3) is 0.312. The highest BCUT2D eigenvalue weighted by Crippen LogP contribution is 2.20. The normalized spacial score (nSPS) is 12.2. The van der Waals surface area contributed by atoms with Crippen molar-refractivity contribution in [3.05, 3.63) is 51.7 Å². The van der Waals surface area contributed by atoms with Crippen molar-refractivity contribution in [3.8, 4) is 0 Å². The van der Waals surface area contributed by atoms with E-state index in [1.807, 2.05) is 29.5 Å². The second-order valence-corrected chi connectivity index (χ2v) is 6.29. The molecular formula is C16H20N2OS. The molecule has 20 heavy (non-hydrogen) atoms. The van der Waals surface area contributed by atoms with Gasteiger partial charge in [0.1, 0.15) is 0 Å². The zero-order valence-electron chi connectivity index (χ0n) is 12.1. The summed E-state index contributed by atoms with van der Waals surface area (Å²) in [4.78, 5) is 13.8. The molecule has 0 saturated heterocycles. The second kappa shape index (κ2) is 6.68. The lowest BCUT2D eigenvalue weighted by Gasteiger charge is -2.15. The van der Waals surface area contributed by atoms with Crippen molar-refractivity contribution in [2.75, 3.05) is 5.32 Å². The van der Waals surface area contributed by atoms with Gasteiger partial charge in [0.25, 0.3) is 0 Å². The van der Waals surface area contributed by atoms with Crippen molar-refractivity contribution in [2.45, 2.75) is 33.4 Å². The molecule has 1 heterocycles. The number of carbonyl (C=O) groups is 1. The minimum atomic E-state index is -0.0446. The number of amides is 1. The molecule has 1 aromatic carbocycles. The van der Waals surface area contributed by atoms with Crippen LogP contribution in [0.25, 0.3) is 0 Å². The predicted octanol–water partition coefficient (Wildman–Crippen LogP) is 3.87. The van der Waals surface area contributed by atoms with Crippen molar-refractivity contribution >= 4 is 22.9 Å². The fourth-order valence-electron chi connectivity index (χ4n) is 2.04. The molecular weight excluding hydrogens is 268 g/mol. The third kappa shape index (κ3) is 4.18. The number of anilines is 1. The summed E-state index contributed by atoms with van der Waals surface area (Å²) in [5.74, 6) is -0.0446. The van der Waals surface area contributed by atoms with Gasteiger partial charge in [-0.2, -0.15) is 0 Å². The Bertz CT molecular complexity index is 592. The van der Waals surface area contributed by atoms with Gasteiger partial charge in [-0.1, -0.05) is 12.1 Å². The lowest BCUT2D eigenvalue weighted by atomic mass is 10.1. The zero-order chi connectivity index (χ0) is 14.5. The van der Waals surface area contributed by atoms with E-state index in [1.54, 1.807) is 0 Å². The molecule has 106 valence electrons. The topological polar surface area (TPSA) is 41.1 Å². The lowest BCUT2D eigenvalue weighted by molar-refractivity contribution is -0.114. The van der Waals surface area contributed by atoms with Crippen LogP contribution in [0.3, 0.4) is 0 Å². The minimum Gasteiger partial charge on any atom is -0.326 e. The molecule has 1 aromatic heterocycles. The molecule has 1 amide bonds. The highest BCUT2D eigenvalue weighted by Gasteiger charge is 2.07. The molecule has 0 fully saturated rings. The standard InChI is InChI=1S/C16H20N2OS/c1-11-7-8-16(20-11)10-17-12(2)14-5-4-6-15(9-14)18-13(3)19/h4-9,12,17H,10H2,1-3H3,(H,18,19)/t12-/m0/s1. The van der Waals surface area contributed by atoms with E-state index in [1.165, 1.54) is 22.2 Å². The summed E-state index contributed by atoms with van der Waals surface area (Å²) in [6.45, 7) is 6.64. The molecule has 0 aliphatic rings. The predicted molar refractivity (Wildman–Crippen MR) is 85.1 cm³/mol. The number of carbonyl (C=O) groups excluding carboxylic acids is 1. The second-order valence-electron chi connectivity index (χ2n) is 4.92. The van der Waals surface area contributed by atoms with Crippen molar-refractivity contribution in [1.82, 2.24) is 5.32 Å². The third-order valence-electron chi connectivity index (χ3n) is 3.09. The summed E-state index contributed by atoms with van der Waals surface area (Å²) in [6, 6.07) is 12.5. The minimum absolute atomic E-state index is 0.0446. The van der Waals surface area contributed by atoms with Crippen molar-refractivity contribution in [1.29, 1.82) is 0 Å². The average molecular weight is 288 g/mol. The summed E-state index contributed by atoms with van der Waals surface area (Å²) in [5.41, 5.74) is 2.01. The molecule has 1 atom stereocenters. The molecule has 0 aliphatic carbocycles. The van der Waals surface area contributed by atoms with E-state index in [4.69, 9.17) is 0 Å². The summed E-state index contributed by atoms with van der Waals surface area (Å²) >= 11 is 1.82. The highest BCUT2D eigenvalue weighted by atomic mass is 32.1. The van der Waals surface area contributed by atoms with Crippen LogP contribution >= 0.6 is 11.3 Å². The van der Waals surface area contributed by atoms with E-state index in [-0.39, 0.29) is 11.9 Å². The van der Waals surface area contributed by atoms with Crippen LogP contribution in [0.5, 0.6) is 0 Å². The van der Waals surface area contributed by atoms with Crippen molar-refractivity contribution in [3.63, 3.8) is 0 Å². The van der Waals surface area contributed by atoms with Crippen LogP contribution in [0.2, 0.25) is 0 Å². The Labute approximate surface area is 124 Å². The Morgan fingerprint density at radius 1 is 1.30 bits per heavy atom. The van der Waals surface area contributed by atoms with Crippen LogP contribution < -0.4 is 10.6 Å². The monoisotopic (exact) mass is 288 g/mol. The maximum Gasteiger partial charge on any atom is 0.221 e. The van der Waals surface area contributed by atoms with E-state index >= 15 is 0 Å². The molecule has 2 rings (SSSR count). The quantitative estimate of drug-likeness (QED) is 0.877. The Kier molecular flexibility index (Phi) is 4.93. The summed E-state index contributed by atoms with van der Waals surface area (Å²) in [6.07, 6.45) is 0. The first-order chi connectivity index (χ1) is 9.54. The number of hydrogen-bond donors (Lipinski definition) is 2. The fourth-order valence-corrected chi connectivity index (χ4v) is 2.88. The Morgan fingerprint density at radius 3 is 2.75 bits per heavy atom. The van der Waals surface area contributed by atoms with Crippen LogP contribution in [-0.4, -0.2) is 5.91 Å². The molecule has 0 saturated carbocycles. The molecule has 2 N–H and O–H groups in total. The van der Waals surface area contributed by atoms with Gasteiger partial charge in [-0.25, -0.2) is 0 Å². The highest BCUT2D eigenvalue weighted by molar-refractivity contribution is 7.11. The van der Waals surface area contributed by atoms with Crippen LogP contribution in [0.1, 0.15) is 35.2 Å². The third-order valence-corrected chi connectivity index (χ3v) is 4.09. The maximum absolute atomic E-state index is 11.1. The number of aryl methyl sites for hydroxylation is 1. The van der Waals surface area contributed by atoms with Gasteiger partial charge >= 0.3 is 0 Å². The SMILES string of the molecule is CC(=O)Nc1cccc([C@H](C)NCc2ccc(C)s2)c1. The lowest BCUT2D eigenvalue weighted by Crippen LogP contribution is -2.17. The van der Waals surface area contributed by atoms with Crippen LogP contribution in [0, 0.1) is 6.92 Å². The van der Waals surface area contributed by atoms with E-state index in [2.05, 4.69) is 42.7 Å². The summed E-state index contributed by atoms with van der Waals surface area (Å²) in [7, 11) is 0. The van der Waals surface area contributed by atoms with Gasteiger partial charge in [-0.15, -0.1) is 11.3 Å². The van der Waals surface area contributed by atoms with Crippen molar-refractivity contribution < 1.29 is 4.79 Å². The molecule has 4 heteroatoms. The Balaban J connectivity index is 1.97. The van der Waals surface area contributed by atoms with Crippen LogP contribution in [0.15, 0.2) is 36.4 Å². The van der Waals surface area contributed by atoms with E-state index < -0.39 is 0 Å². The van der Waals surface area contributed by atoms with Crippen LogP contribution in [0.4, 0.5) is 5.69 Å². The van der Waals surface area contributed by atoms with Gasteiger partial charge in [0.15, 0.2) is 0 Å². The number of benzene rings is 1. The van der Waals surface area contributed by atoms with Crippen LogP contribution in [-0.2, 0) is 11.3 Å². The van der Waals surface area contributed by atoms with Gasteiger partial charge < -0.3 is 10.6 Å². The summed E-state index contributed by atoms with van der Waals surface area (Å²) < 4.78 is 0. The van der Waals surface area contributed by atoms with Gasteiger partial charge in [-0.05, 0) is 43.7 Å². The number of hydrogen-bond acceptors (Lipinski definition) is 3. The summed E-state index contributed by atoms with van der Waals surface area (Å²) in [5, 5.41) is 6.32. The first-order valence-corrected chi connectivity index (χ1v) is 7.52. The first-order valence-electron chi connectivity index (χ1n) is 6.71. The largest absolute Gasteiger partial charge is 0.326 e. The number of nitrogens with one attached hydrogen (secondary N) is 2. The van der Waals surface area contributed by atoms with Gasteiger partial charge in [0.05, 0.1) is 0 Å². The van der Waals surface area contributed by atoms with Gasteiger partial charge in [0.2, 0.25) is 5.91 Å². The molecule has 2 aromatic rings.